The molecule has 1 aromatic carbocycles. The van der Waals surface area contributed by atoms with Crippen molar-refractivity contribution in [1.82, 2.24) is 16.0 Å². The summed E-state index contributed by atoms with van der Waals surface area (Å²) in [5.41, 5.74) is 12.7. The Morgan fingerprint density at radius 1 is 1.33 bits per heavy atom. The molecule has 80 valence electrons. The van der Waals surface area contributed by atoms with E-state index in [-0.39, 0.29) is 6.04 Å². The number of nitrogens with two attached hydrogens (primary N) is 1. The van der Waals surface area contributed by atoms with Gasteiger partial charge in [-0.15, -0.1) is 5.53 Å². The third kappa shape index (κ3) is 2.00. The molecular weight excluding hydrogens is 212 g/mol. The van der Waals surface area contributed by atoms with Gasteiger partial charge in [-0.3, -0.25) is 5.01 Å². The van der Waals surface area contributed by atoms with Gasteiger partial charge < -0.3 is 11.2 Å². The van der Waals surface area contributed by atoms with Gasteiger partial charge in [-0.25, -0.2) is 0 Å². The van der Waals surface area contributed by atoms with Crippen molar-refractivity contribution in [2.45, 2.75) is 13.0 Å². The fourth-order valence-electron chi connectivity index (χ4n) is 1.52. The van der Waals surface area contributed by atoms with Crippen molar-refractivity contribution in [2.75, 3.05) is 0 Å². The van der Waals surface area contributed by atoms with Crippen molar-refractivity contribution in [3.63, 3.8) is 0 Å². The SMILES string of the molecule is C[C@H](c1ccc(Cl)cc1)N1NNC=C1N. The summed E-state index contributed by atoms with van der Waals surface area (Å²) in [7, 11) is 0. The first-order valence-electron chi connectivity index (χ1n) is 4.70. The molecule has 0 radical (unpaired) electrons. The average Bonchev–Trinajstić information content (AvgIpc) is 2.65. The lowest BCUT2D eigenvalue weighted by Crippen LogP contribution is -2.40. The van der Waals surface area contributed by atoms with Crippen LogP contribution in [0, 0.1) is 0 Å². The van der Waals surface area contributed by atoms with Crippen molar-refractivity contribution < 1.29 is 0 Å². The van der Waals surface area contributed by atoms with E-state index in [1.54, 1.807) is 6.20 Å². The van der Waals surface area contributed by atoms with Gasteiger partial charge in [0.15, 0.2) is 0 Å². The summed E-state index contributed by atoms with van der Waals surface area (Å²) in [5.74, 6) is 0.664. The monoisotopic (exact) mass is 224 g/mol. The zero-order valence-electron chi connectivity index (χ0n) is 8.37. The number of hydrogen-bond donors (Lipinski definition) is 3. The second kappa shape index (κ2) is 4.00. The summed E-state index contributed by atoms with van der Waals surface area (Å²) in [6.07, 6.45) is 1.71. The summed E-state index contributed by atoms with van der Waals surface area (Å²) in [4.78, 5) is 0. The van der Waals surface area contributed by atoms with E-state index in [0.29, 0.717) is 5.82 Å². The van der Waals surface area contributed by atoms with Crippen molar-refractivity contribution in [2.24, 2.45) is 5.73 Å². The van der Waals surface area contributed by atoms with Gasteiger partial charge >= 0.3 is 0 Å². The summed E-state index contributed by atoms with van der Waals surface area (Å²) >= 11 is 5.83. The third-order valence-corrected chi connectivity index (χ3v) is 2.67. The Morgan fingerprint density at radius 2 is 2.00 bits per heavy atom. The first kappa shape index (κ1) is 10.1. The van der Waals surface area contributed by atoms with E-state index in [1.807, 2.05) is 29.3 Å². The van der Waals surface area contributed by atoms with Gasteiger partial charge in [0.05, 0.1) is 12.2 Å². The number of halogens is 1. The van der Waals surface area contributed by atoms with E-state index in [0.717, 1.165) is 10.6 Å². The molecule has 0 aliphatic carbocycles. The van der Waals surface area contributed by atoms with Gasteiger partial charge in [0.2, 0.25) is 0 Å². The van der Waals surface area contributed by atoms with Crippen LogP contribution in [0.25, 0.3) is 0 Å². The van der Waals surface area contributed by atoms with E-state index >= 15 is 0 Å². The molecule has 0 fully saturated rings. The number of hydrogen-bond acceptors (Lipinski definition) is 4. The normalized spacial score (nSPS) is 17.2. The average molecular weight is 225 g/mol. The summed E-state index contributed by atoms with van der Waals surface area (Å²) in [5, 5.41) is 2.59. The van der Waals surface area contributed by atoms with Crippen LogP contribution in [0.3, 0.4) is 0 Å². The molecule has 1 aliphatic rings. The molecule has 1 heterocycles. The highest BCUT2D eigenvalue weighted by molar-refractivity contribution is 6.30. The van der Waals surface area contributed by atoms with Crippen LogP contribution in [0.15, 0.2) is 36.3 Å². The molecule has 1 atom stereocenters. The lowest BCUT2D eigenvalue weighted by Gasteiger charge is -2.26. The van der Waals surface area contributed by atoms with Gasteiger partial charge in [0.25, 0.3) is 0 Å². The Balaban J connectivity index is 2.17. The molecule has 0 saturated heterocycles. The largest absolute Gasteiger partial charge is 0.383 e. The second-order valence-electron chi connectivity index (χ2n) is 3.42. The maximum atomic E-state index is 5.83. The minimum Gasteiger partial charge on any atom is -0.383 e. The summed E-state index contributed by atoms with van der Waals surface area (Å²) in [6.45, 7) is 2.06. The number of benzene rings is 1. The van der Waals surface area contributed by atoms with E-state index in [9.17, 15) is 0 Å². The van der Waals surface area contributed by atoms with Crippen molar-refractivity contribution in [1.29, 1.82) is 0 Å². The van der Waals surface area contributed by atoms with E-state index in [4.69, 9.17) is 17.3 Å². The zero-order valence-corrected chi connectivity index (χ0v) is 9.12. The van der Waals surface area contributed by atoms with Crippen LogP contribution in [0.5, 0.6) is 0 Å². The highest BCUT2D eigenvalue weighted by atomic mass is 35.5. The van der Waals surface area contributed by atoms with Gasteiger partial charge in [-0.2, -0.15) is 0 Å². The topological polar surface area (TPSA) is 53.3 Å². The molecule has 1 aromatic rings. The van der Waals surface area contributed by atoms with Crippen molar-refractivity contribution >= 4 is 11.6 Å². The van der Waals surface area contributed by atoms with E-state index < -0.39 is 0 Å². The molecule has 0 bridgehead atoms. The molecule has 4 N–H and O–H groups in total. The predicted octanol–water partition coefficient (Wildman–Crippen LogP) is 1.48. The van der Waals surface area contributed by atoms with Crippen LogP contribution >= 0.6 is 11.6 Å². The summed E-state index contributed by atoms with van der Waals surface area (Å²) in [6, 6.07) is 7.86. The maximum absolute atomic E-state index is 5.83. The number of nitrogens with zero attached hydrogens (tertiary/aromatic N) is 1. The fourth-order valence-corrected chi connectivity index (χ4v) is 1.65. The lowest BCUT2D eigenvalue weighted by molar-refractivity contribution is 0.189. The zero-order chi connectivity index (χ0) is 10.8. The Labute approximate surface area is 93.6 Å². The Hall–Kier alpha value is -1.39. The van der Waals surface area contributed by atoms with Crippen LogP contribution in [0.2, 0.25) is 5.02 Å². The van der Waals surface area contributed by atoms with Crippen LogP contribution in [-0.4, -0.2) is 5.01 Å². The second-order valence-corrected chi connectivity index (χ2v) is 3.86. The minimum absolute atomic E-state index is 0.147. The highest BCUT2D eigenvalue weighted by Gasteiger charge is 2.19. The van der Waals surface area contributed by atoms with Gasteiger partial charge in [-0.1, -0.05) is 23.7 Å². The predicted molar refractivity (Wildman–Crippen MR) is 60.2 cm³/mol. The van der Waals surface area contributed by atoms with Crippen LogP contribution in [0.4, 0.5) is 0 Å². The maximum Gasteiger partial charge on any atom is 0.133 e. The quantitative estimate of drug-likeness (QED) is 0.713. The Bertz CT molecular complexity index is 374. The van der Waals surface area contributed by atoms with Gasteiger partial charge in [-0.05, 0) is 24.6 Å². The number of nitrogens with one attached hydrogen (secondary N) is 2. The number of hydrazine groups is 2. The smallest absolute Gasteiger partial charge is 0.133 e. The van der Waals surface area contributed by atoms with Crippen LogP contribution in [0.1, 0.15) is 18.5 Å². The molecule has 0 saturated carbocycles. The standard InChI is InChI=1S/C10H13ClN4/c1-7(15-10(12)6-13-14-15)8-2-4-9(11)5-3-8/h2-7,13-14H,12H2,1H3/t7-/m1/s1. The molecule has 0 amide bonds. The molecule has 0 spiro atoms. The molecule has 4 nitrogen and oxygen atoms in total. The van der Waals surface area contributed by atoms with Crippen molar-refractivity contribution in [3.05, 3.63) is 46.9 Å². The molecule has 1 aliphatic heterocycles. The molecule has 2 rings (SSSR count). The Morgan fingerprint density at radius 3 is 2.53 bits per heavy atom. The summed E-state index contributed by atoms with van der Waals surface area (Å²) < 4.78 is 0. The molecule has 0 unspecified atom stereocenters. The first-order valence-corrected chi connectivity index (χ1v) is 5.08. The van der Waals surface area contributed by atoms with Gasteiger partial charge in [0.1, 0.15) is 5.82 Å². The van der Waals surface area contributed by atoms with E-state index in [2.05, 4.69) is 17.9 Å². The third-order valence-electron chi connectivity index (χ3n) is 2.42. The molecule has 0 aromatic heterocycles. The molecular formula is C10H13ClN4. The Kier molecular flexibility index (Phi) is 2.70. The minimum atomic E-state index is 0.147. The molecule has 5 heteroatoms. The van der Waals surface area contributed by atoms with Crippen molar-refractivity contribution in [3.8, 4) is 0 Å². The van der Waals surface area contributed by atoms with Crippen LogP contribution in [-0.2, 0) is 0 Å². The van der Waals surface area contributed by atoms with Crippen LogP contribution < -0.4 is 16.7 Å². The number of rotatable bonds is 2. The highest BCUT2D eigenvalue weighted by Crippen LogP contribution is 2.22. The lowest BCUT2D eigenvalue weighted by atomic mass is 10.1. The van der Waals surface area contributed by atoms with E-state index in [1.165, 1.54) is 0 Å². The first-order chi connectivity index (χ1) is 7.18. The van der Waals surface area contributed by atoms with Gasteiger partial charge in [0, 0.05) is 5.02 Å². The fraction of sp³-hybridized carbons (Fsp3) is 0.200. The molecule has 15 heavy (non-hydrogen) atoms.